The first kappa shape index (κ1) is 20.3. The first-order chi connectivity index (χ1) is 10.1. The van der Waals surface area contributed by atoms with Gasteiger partial charge in [0.2, 0.25) is 0 Å². The molecule has 22 heavy (non-hydrogen) atoms. The van der Waals surface area contributed by atoms with Gasteiger partial charge in [-0.05, 0) is 31.7 Å². The average molecular weight is 442 g/mol. The summed E-state index contributed by atoms with van der Waals surface area (Å²) in [6, 6.07) is 0.628. The summed E-state index contributed by atoms with van der Waals surface area (Å²) in [5, 5.41) is 13.8. The third-order valence-corrected chi connectivity index (χ3v) is 5.90. The van der Waals surface area contributed by atoms with Crippen LogP contribution in [0.5, 0.6) is 0 Å². The number of aliphatic hydroxyl groups is 1. The minimum Gasteiger partial charge on any atom is -0.387 e. The van der Waals surface area contributed by atoms with Crippen LogP contribution >= 0.6 is 35.7 Å². The van der Waals surface area contributed by atoms with E-state index in [2.05, 4.69) is 34.0 Å². The molecule has 2 heterocycles. The van der Waals surface area contributed by atoms with Gasteiger partial charge < -0.3 is 15.3 Å². The molecule has 0 aromatic heterocycles. The lowest BCUT2D eigenvalue weighted by molar-refractivity contribution is 0.0718. The lowest BCUT2D eigenvalue weighted by atomic mass is 10.0. The molecule has 0 aliphatic carbocycles. The predicted octanol–water partition coefficient (Wildman–Crippen LogP) is 1.46. The minimum absolute atomic E-state index is 0. The molecule has 2 unspecified atom stereocenters. The molecule has 2 aliphatic rings. The molecule has 0 aromatic carbocycles. The van der Waals surface area contributed by atoms with Gasteiger partial charge in [-0.3, -0.25) is 9.89 Å². The fraction of sp³-hybridized carbons (Fsp3) is 0.933. The number of nitrogens with zero attached hydrogens (tertiary/aromatic N) is 3. The highest BCUT2D eigenvalue weighted by Gasteiger charge is 2.33. The van der Waals surface area contributed by atoms with E-state index >= 15 is 0 Å². The molecule has 2 saturated heterocycles. The SMILES string of the molecule is CCN(CC)C1CCN(C(=NC)NCC2(O)CCSC2)C1.I. The van der Waals surface area contributed by atoms with Crippen LogP contribution in [0.3, 0.4) is 0 Å². The van der Waals surface area contributed by atoms with Gasteiger partial charge >= 0.3 is 0 Å². The second-order valence-corrected chi connectivity index (χ2v) is 7.14. The van der Waals surface area contributed by atoms with Crippen molar-refractivity contribution in [1.82, 2.24) is 15.1 Å². The summed E-state index contributed by atoms with van der Waals surface area (Å²) in [5.74, 6) is 2.83. The van der Waals surface area contributed by atoms with Crippen LogP contribution in [0.25, 0.3) is 0 Å². The number of thioether (sulfide) groups is 1. The Morgan fingerprint density at radius 2 is 2.18 bits per heavy atom. The highest BCUT2D eigenvalue weighted by atomic mass is 127. The van der Waals surface area contributed by atoms with Gasteiger partial charge in [-0.25, -0.2) is 0 Å². The smallest absolute Gasteiger partial charge is 0.193 e. The van der Waals surface area contributed by atoms with Crippen LogP contribution in [0.15, 0.2) is 4.99 Å². The number of likely N-dealkylation sites (tertiary alicyclic amines) is 1. The quantitative estimate of drug-likeness (QED) is 0.384. The van der Waals surface area contributed by atoms with E-state index in [1.165, 1.54) is 6.42 Å². The van der Waals surface area contributed by atoms with Crippen molar-refractivity contribution in [2.45, 2.75) is 38.3 Å². The largest absolute Gasteiger partial charge is 0.387 e. The van der Waals surface area contributed by atoms with Crippen LogP contribution in [0.4, 0.5) is 0 Å². The van der Waals surface area contributed by atoms with Crippen LogP contribution in [0.2, 0.25) is 0 Å². The number of hydrogen-bond acceptors (Lipinski definition) is 4. The molecule has 0 amide bonds. The maximum absolute atomic E-state index is 10.4. The predicted molar refractivity (Wildman–Crippen MR) is 107 cm³/mol. The highest BCUT2D eigenvalue weighted by Crippen LogP contribution is 2.27. The summed E-state index contributed by atoms with van der Waals surface area (Å²) < 4.78 is 0. The van der Waals surface area contributed by atoms with E-state index in [-0.39, 0.29) is 24.0 Å². The molecule has 0 saturated carbocycles. The normalized spacial score (nSPS) is 29.0. The second kappa shape index (κ2) is 9.54. The standard InChI is InChI=1S/C15H30N4OS.HI/c1-4-18(5-2)13-6-8-19(10-13)14(16-3)17-11-15(20)7-9-21-12-15;/h13,20H,4-12H2,1-3H3,(H,16,17);1H. The van der Waals surface area contributed by atoms with Gasteiger partial charge in [0.05, 0.1) is 5.60 Å². The second-order valence-electron chi connectivity index (χ2n) is 6.04. The minimum atomic E-state index is -0.557. The molecule has 0 aromatic rings. The lowest BCUT2D eigenvalue weighted by Crippen LogP contribution is -2.49. The molecule has 2 aliphatic heterocycles. The Morgan fingerprint density at radius 3 is 2.73 bits per heavy atom. The Labute approximate surface area is 156 Å². The number of nitrogens with one attached hydrogen (secondary N) is 1. The number of rotatable bonds is 5. The number of likely N-dealkylation sites (N-methyl/N-ethyl adjacent to an activating group) is 1. The van der Waals surface area contributed by atoms with Gasteiger partial charge in [0.15, 0.2) is 5.96 Å². The van der Waals surface area contributed by atoms with E-state index in [0.717, 1.165) is 50.1 Å². The molecular formula is C15H31IN4OS. The zero-order valence-electron chi connectivity index (χ0n) is 14.0. The number of guanidine groups is 1. The van der Waals surface area contributed by atoms with Gasteiger partial charge in [0.1, 0.15) is 0 Å². The monoisotopic (exact) mass is 442 g/mol. The van der Waals surface area contributed by atoms with E-state index in [1.54, 1.807) is 0 Å². The van der Waals surface area contributed by atoms with Crippen molar-refractivity contribution in [3.05, 3.63) is 0 Å². The molecule has 0 bridgehead atoms. The van der Waals surface area contributed by atoms with Crippen molar-refractivity contribution >= 4 is 41.7 Å². The van der Waals surface area contributed by atoms with Crippen molar-refractivity contribution in [1.29, 1.82) is 0 Å². The van der Waals surface area contributed by atoms with E-state index in [4.69, 9.17) is 0 Å². The first-order valence-corrected chi connectivity index (χ1v) is 9.27. The van der Waals surface area contributed by atoms with Crippen LogP contribution < -0.4 is 5.32 Å². The van der Waals surface area contributed by atoms with Crippen LogP contribution in [0.1, 0.15) is 26.7 Å². The summed E-state index contributed by atoms with van der Waals surface area (Å²) in [4.78, 5) is 9.25. The number of hydrogen-bond donors (Lipinski definition) is 2. The van der Waals surface area contributed by atoms with Crippen molar-refractivity contribution in [3.8, 4) is 0 Å². The van der Waals surface area contributed by atoms with Crippen LogP contribution in [0, 0.1) is 0 Å². The summed E-state index contributed by atoms with van der Waals surface area (Å²) in [5.41, 5.74) is -0.557. The fourth-order valence-corrected chi connectivity index (χ4v) is 4.58. The molecule has 0 spiro atoms. The Balaban J connectivity index is 0.00000242. The van der Waals surface area contributed by atoms with Gasteiger partial charge in [-0.1, -0.05) is 13.8 Å². The van der Waals surface area contributed by atoms with Crippen molar-refractivity contribution in [2.75, 3.05) is 51.3 Å². The van der Waals surface area contributed by atoms with Crippen LogP contribution in [-0.4, -0.2) is 83.8 Å². The summed E-state index contributed by atoms with van der Waals surface area (Å²) in [6.07, 6.45) is 2.08. The average Bonchev–Trinajstić information content (AvgIpc) is 3.12. The Morgan fingerprint density at radius 1 is 1.45 bits per heavy atom. The third-order valence-electron chi connectivity index (χ3n) is 4.66. The maximum Gasteiger partial charge on any atom is 0.193 e. The molecule has 5 nitrogen and oxygen atoms in total. The summed E-state index contributed by atoms with van der Waals surface area (Å²) in [6.45, 7) is 9.37. The molecule has 2 N–H and O–H groups in total. The Kier molecular flexibility index (Phi) is 8.81. The Bertz CT molecular complexity index is 359. The van der Waals surface area contributed by atoms with E-state index in [9.17, 15) is 5.11 Å². The van der Waals surface area contributed by atoms with Crippen molar-refractivity contribution in [2.24, 2.45) is 4.99 Å². The van der Waals surface area contributed by atoms with Gasteiger partial charge in [-0.2, -0.15) is 11.8 Å². The number of aliphatic imine (C=N–C) groups is 1. The van der Waals surface area contributed by atoms with Crippen molar-refractivity contribution in [3.63, 3.8) is 0 Å². The van der Waals surface area contributed by atoms with Gasteiger partial charge in [0.25, 0.3) is 0 Å². The zero-order chi connectivity index (χ0) is 15.3. The van der Waals surface area contributed by atoms with E-state index in [0.29, 0.717) is 12.6 Å². The van der Waals surface area contributed by atoms with Gasteiger partial charge in [-0.15, -0.1) is 24.0 Å². The third kappa shape index (κ3) is 5.14. The Hall–Kier alpha value is 0.270. The first-order valence-electron chi connectivity index (χ1n) is 8.11. The number of halogens is 1. The van der Waals surface area contributed by atoms with E-state index < -0.39 is 5.60 Å². The summed E-state index contributed by atoms with van der Waals surface area (Å²) in [7, 11) is 1.83. The molecule has 0 radical (unpaired) electrons. The molecule has 2 rings (SSSR count). The molecule has 2 atom stereocenters. The maximum atomic E-state index is 10.4. The molecule has 7 heteroatoms. The summed E-state index contributed by atoms with van der Waals surface area (Å²) >= 11 is 1.83. The van der Waals surface area contributed by atoms with E-state index in [1.807, 2.05) is 18.8 Å². The molecule has 2 fully saturated rings. The lowest BCUT2D eigenvalue weighted by Gasteiger charge is -2.29. The molecular weight excluding hydrogens is 411 g/mol. The molecule has 130 valence electrons. The zero-order valence-corrected chi connectivity index (χ0v) is 17.2. The fourth-order valence-electron chi connectivity index (χ4n) is 3.28. The van der Waals surface area contributed by atoms with Crippen molar-refractivity contribution < 1.29 is 5.11 Å². The van der Waals surface area contributed by atoms with Crippen LogP contribution in [-0.2, 0) is 0 Å². The topological polar surface area (TPSA) is 51.1 Å². The van der Waals surface area contributed by atoms with Gasteiger partial charge in [0, 0.05) is 38.5 Å². The highest BCUT2D eigenvalue weighted by molar-refractivity contribution is 14.0.